The Hall–Kier alpha value is -1.56. The Labute approximate surface area is 161 Å². The number of methoxy groups -OCH3 is 2. The fourth-order valence-electron chi connectivity index (χ4n) is 2.20. The average Bonchev–Trinajstić information content (AvgIpc) is 2.59. The molecular formula is C18H19Cl2NO3S. The first-order valence-corrected chi connectivity index (χ1v) is 9.48. The number of ether oxygens (including phenoxy) is 2. The van der Waals surface area contributed by atoms with Gasteiger partial charge in [0.1, 0.15) is 11.5 Å². The number of halogens is 2. The summed E-state index contributed by atoms with van der Waals surface area (Å²) in [6.07, 6.45) is 0.378. The van der Waals surface area contributed by atoms with Crippen LogP contribution in [0.15, 0.2) is 36.4 Å². The molecule has 1 N–H and O–H groups in total. The molecule has 0 aliphatic carbocycles. The van der Waals surface area contributed by atoms with Gasteiger partial charge >= 0.3 is 0 Å². The summed E-state index contributed by atoms with van der Waals surface area (Å²) in [7, 11) is 3.18. The predicted molar refractivity (Wildman–Crippen MR) is 105 cm³/mol. The van der Waals surface area contributed by atoms with E-state index in [2.05, 4.69) is 5.32 Å². The maximum absolute atomic E-state index is 12.1. The van der Waals surface area contributed by atoms with Crippen molar-refractivity contribution in [3.05, 3.63) is 52.0 Å². The first-order valence-electron chi connectivity index (χ1n) is 7.57. The minimum absolute atomic E-state index is 0.0916. The van der Waals surface area contributed by atoms with Gasteiger partial charge in [-0.3, -0.25) is 4.79 Å². The number of nitrogens with one attached hydrogen (secondary N) is 1. The Morgan fingerprint density at radius 2 is 1.68 bits per heavy atom. The smallest absolute Gasteiger partial charge is 0.225 e. The maximum Gasteiger partial charge on any atom is 0.225 e. The minimum atomic E-state index is -0.0916. The second-order valence-corrected chi connectivity index (χ2v) is 7.13. The minimum Gasteiger partial charge on any atom is -0.496 e. The molecule has 4 nitrogen and oxygen atoms in total. The summed E-state index contributed by atoms with van der Waals surface area (Å²) in [5.41, 5.74) is 1.58. The van der Waals surface area contributed by atoms with Gasteiger partial charge in [0.05, 0.1) is 19.9 Å². The second kappa shape index (κ2) is 9.80. The lowest BCUT2D eigenvalue weighted by Crippen LogP contribution is -2.13. The molecule has 2 aromatic carbocycles. The second-order valence-electron chi connectivity index (χ2n) is 5.15. The first-order chi connectivity index (χ1) is 12.0. The molecular weight excluding hydrogens is 381 g/mol. The zero-order valence-corrected chi connectivity index (χ0v) is 16.3. The molecule has 0 saturated heterocycles. The molecule has 0 aromatic heterocycles. The van der Waals surface area contributed by atoms with Crippen LogP contribution in [0.3, 0.4) is 0 Å². The van der Waals surface area contributed by atoms with Crippen LogP contribution in [0.2, 0.25) is 10.0 Å². The van der Waals surface area contributed by atoms with Gasteiger partial charge in [0.15, 0.2) is 0 Å². The molecule has 134 valence electrons. The lowest BCUT2D eigenvalue weighted by Gasteiger charge is -2.11. The van der Waals surface area contributed by atoms with Crippen molar-refractivity contribution in [2.75, 3.05) is 25.3 Å². The summed E-state index contributed by atoms with van der Waals surface area (Å²) in [4.78, 5) is 12.1. The van der Waals surface area contributed by atoms with E-state index in [-0.39, 0.29) is 5.91 Å². The summed E-state index contributed by atoms with van der Waals surface area (Å²) in [5, 5.41) is 4.03. The van der Waals surface area contributed by atoms with Crippen molar-refractivity contribution in [1.82, 2.24) is 0 Å². The van der Waals surface area contributed by atoms with Crippen LogP contribution in [0, 0.1) is 0 Å². The van der Waals surface area contributed by atoms with Gasteiger partial charge in [-0.15, -0.1) is 0 Å². The van der Waals surface area contributed by atoms with Crippen LogP contribution >= 0.6 is 35.0 Å². The monoisotopic (exact) mass is 399 g/mol. The van der Waals surface area contributed by atoms with Gasteiger partial charge < -0.3 is 14.8 Å². The van der Waals surface area contributed by atoms with Gasteiger partial charge in [-0.2, -0.15) is 11.8 Å². The van der Waals surface area contributed by atoms with Crippen LogP contribution in [0.5, 0.6) is 11.5 Å². The molecule has 0 fully saturated rings. The van der Waals surface area contributed by atoms with E-state index < -0.39 is 0 Å². The van der Waals surface area contributed by atoms with Crippen LogP contribution < -0.4 is 14.8 Å². The highest BCUT2D eigenvalue weighted by Crippen LogP contribution is 2.29. The van der Waals surface area contributed by atoms with Crippen molar-refractivity contribution >= 4 is 46.6 Å². The molecule has 0 saturated carbocycles. The van der Waals surface area contributed by atoms with Crippen molar-refractivity contribution in [2.45, 2.75) is 12.2 Å². The quantitative estimate of drug-likeness (QED) is 0.613. The van der Waals surface area contributed by atoms with Crippen LogP contribution in [0.4, 0.5) is 5.69 Å². The number of rotatable bonds is 8. The molecule has 0 aliphatic rings. The zero-order chi connectivity index (χ0) is 18.2. The maximum atomic E-state index is 12.1. The summed E-state index contributed by atoms with van der Waals surface area (Å²) in [6.45, 7) is 0. The number of thioether (sulfide) groups is 1. The van der Waals surface area contributed by atoms with E-state index in [1.807, 2.05) is 12.1 Å². The van der Waals surface area contributed by atoms with Crippen LogP contribution in [0.1, 0.15) is 12.0 Å². The van der Waals surface area contributed by atoms with Gasteiger partial charge in [-0.1, -0.05) is 23.2 Å². The van der Waals surface area contributed by atoms with E-state index >= 15 is 0 Å². The van der Waals surface area contributed by atoms with E-state index in [0.29, 0.717) is 33.7 Å². The van der Waals surface area contributed by atoms with Crippen LogP contribution in [-0.2, 0) is 10.5 Å². The van der Waals surface area contributed by atoms with Gasteiger partial charge in [-0.05, 0) is 36.4 Å². The van der Waals surface area contributed by atoms with E-state index in [1.165, 1.54) is 0 Å². The van der Waals surface area contributed by atoms with Crippen molar-refractivity contribution in [2.24, 2.45) is 0 Å². The standard InChI is InChI=1S/C18H19Cl2NO3S/c1-23-16-5-3-13(19)9-12(16)11-25-8-7-18(22)21-15-10-14(20)4-6-17(15)24-2/h3-6,9-10H,7-8,11H2,1-2H3,(H,21,22). The Balaban J connectivity index is 1.83. The fraction of sp³-hybridized carbons (Fsp3) is 0.278. The number of benzene rings is 2. The highest BCUT2D eigenvalue weighted by atomic mass is 35.5. The Bertz CT molecular complexity index is 740. The summed E-state index contributed by atoms with van der Waals surface area (Å²) in [5.74, 6) is 2.67. The number of anilines is 1. The molecule has 0 radical (unpaired) electrons. The molecule has 0 spiro atoms. The van der Waals surface area contributed by atoms with Gasteiger partial charge in [0.25, 0.3) is 0 Å². The summed E-state index contributed by atoms with van der Waals surface area (Å²) >= 11 is 13.6. The lowest BCUT2D eigenvalue weighted by atomic mass is 10.2. The Kier molecular flexibility index (Phi) is 7.75. The van der Waals surface area contributed by atoms with E-state index in [1.54, 1.807) is 50.2 Å². The van der Waals surface area contributed by atoms with Gasteiger partial charge in [-0.25, -0.2) is 0 Å². The third kappa shape index (κ3) is 6.03. The van der Waals surface area contributed by atoms with Gasteiger partial charge in [0, 0.05) is 33.5 Å². The SMILES string of the molecule is COc1ccc(Cl)cc1CSCCC(=O)Nc1cc(Cl)ccc1OC. The third-order valence-electron chi connectivity index (χ3n) is 3.41. The number of hydrogen-bond acceptors (Lipinski definition) is 4. The molecule has 0 aliphatic heterocycles. The Morgan fingerprint density at radius 3 is 2.36 bits per heavy atom. The summed E-state index contributed by atoms with van der Waals surface area (Å²) < 4.78 is 10.5. The predicted octanol–water partition coefficient (Wildman–Crippen LogP) is 5.27. The van der Waals surface area contributed by atoms with Crippen LogP contribution in [0.25, 0.3) is 0 Å². The molecule has 2 aromatic rings. The normalized spacial score (nSPS) is 10.4. The highest BCUT2D eigenvalue weighted by Gasteiger charge is 2.09. The number of amides is 1. The average molecular weight is 400 g/mol. The number of carbonyl (C=O) groups is 1. The summed E-state index contributed by atoms with van der Waals surface area (Å²) in [6, 6.07) is 10.6. The molecule has 0 unspecified atom stereocenters. The Morgan fingerprint density at radius 1 is 1.04 bits per heavy atom. The van der Waals surface area contributed by atoms with E-state index in [4.69, 9.17) is 32.7 Å². The van der Waals surface area contributed by atoms with Gasteiger partial charge in [0.2, 0.25) is 5.91 Å². The number of carbonyl (C=O) groups excluding carboxylic acids is 1. The van der Waals surface area contributed by atoms with Crippen LogP contribution in [-0.4, -0.2) is 25.9 Å². The van der Waals surface area contributed by atoms with E-state index in [9.17, 15) is 4.79 Å². The fourth-order valence-corrected chi connectivity index (χ4v) is 3.48. The molecule has 0 heterocycles. The van der Waals surface area contributed by atoms with Crippen molar-refractivity contribution in [3.63, 3.8) is 0 Å². The molecule has 0 atom stereocenters. The first kappa shape index (κ1) is 19.8. The molecule has 2 rings (SSSR count). The van der Waals surface area contributed by atoms with Crippen molar-refractivity contribution < 1.29 is 14.3 Å². The largest absolute Gasteiger partial charge is 0.496 e. The highest BCUT2D eigenvalue weighted by molar-refractivity contribution is 7.98. The molecule has 0 bridgehead atoms. The lowest BCUT2D eigenvalue weighted by molar-refractivity contribution is -0.115. The van der Waals surface area contributed by atoms with Crippen molar-refractivity contribution in [3.8, 4) is 11.5 Å². The zero-order valence-electron chi connectivity index (χ0n) is 14.0. The third-order valence-corrected chi connectivity index (χ3v) is 4.89. The molecule has 7 heteroatoms. The molecule has 25 heavy (non-hydrogen) atoms. The molecule has 1 amide bonds. The van der Waals surface area contributed by atoms with Crippen molar-refractivity contribution in [1.29, 1.82) is 0 Å². The van der Waals surface area contributed by atoms with E-state index in [0.717, 1.165) is 17.1 Å². The number of hydrogen-bond donors (Lipinski definition) is 1. The topological polar surface area (TPSA) is 47.6 Å².